The van der Waals surface area contributed by atoms with Gasteiger partial charge in [-0.1, -0.05) is 15.9 Å². The molecule has 1 heterocycles. The van der Waals surface area contributed by atoms with Gasteiger partial charge < -0.3 is 10.2 Å². The zero-order chi connectivity index (χ0) is 11.0. The molecule has 1 fully saturated rings. The molecule has 0 bridgehead atoms. The van der Waals surface area contributed by atoms with E-state index in [0.717, 1.165) is 0 Å². The Hall–Kier alpha value is -0.630. The number of esters is 1. The van der Waals surface area contributed by atoms with E-state index in [-0.39, 0.29) is 24.9 Å². The van der Waals surface area contributed by atoms with E-state index in [1.54, 1.807) is 0 Å². The lowest BCUT2D eigenvalue weighted by Gasteiger charge is -2.28. The van der Waals surface area contributed by atoms with Crippen LogP contribution in [0.15, 0.2) is 0 Å². The molecular formula is C7H8BrF3O4. The summed E-state index contributed by atoms with van der Waals surface area (Å²) in [5.74, 6) is -3.26. The van der Waals surface area contributed by atoms with Gasteiger partial charge >= 0.3 is 12.1 Å². The topological polar surface area (TPSA) is 74.9 Å². The van der Waals surface area contributed by atoms with Crippen LogP contribution in [0, 0.1) is 0 Å². The molecule has 8 heteroatoms. The molecule has 1 aliphatic rings. The summed E-state index contributed by atoms with van der Waals surface area (Å²) in [5, 5.41) is 0. The molecule has 1 rings (SSSR count). The number of cyclic esters (lactones) is 1. The molecule has 2 N–H and O–H groups in total. The number of Topliss-reactive ketones (excluding diaryl/α,β-unsaturated/α-hetero) is 1. The number of rotatable bonds is 1. The monoisotopic (exact) mass is 292 g/mol. The van der Waals surface area contributed by atoms with Crippen LogP contribution in [-0.4, -0.2) is 34.3 Å². The van der Waals surface area contributed by atoms with Crippen LogP contribution >= 0.6 is 15.9 Å². The van der Waals surface area contributed by atoms with Crippen molar-refractivity contribution in [2.45, 2.75) is 23.3 Å². The first kappa shape index (κ1) is 14.4. The van der Waals surface area contributed by atoms with E-state index >= 15 is 0 Å². The SMILES string of the molecule is O.O=C1OCCCC1(Br)C(=O)C(F)(F)F. The fourth-order valence-corrected chi connectivity index (χ4v) is 1.75. The Labute approximate surface area is 91.2 Å². The van der Waals surface area contributed by atoms with Crippen LogP contribution in [0.2, 0.25) is 0 Å². The van der Waals surface area contributed by atoms with Gasteiger partial charge in [-0.3, -0.25) is 9.59 Å². The van der Waals surface area contributed by atoms with Gasteiger partial charge in [-0.05, 0) is 12.8 Å². The molecule has 1 unspecified atom stereocenters. The summed E-state index contributed by atoms with van der Waals surface area (Å²) in [4.78, 5) is 21.9. The fraction of sp³-hybridized carbons (Fsp3) is 0.714. The second-order valence-electron chi connectivity index (χ2n) is 2.87. The molecule has 15 heavy (non-hydrogen) atoms. The summed E-state index contributed by atoms with van der Waals surface area (Å²) < 4.78 is 38.4. The minimum atomic E-state index is -5.03. The van der Waals surface area contributed by atoms with E-state index in [1.807, 2.05) is 0 Å². The lowest BCUT2D eigenvalue weighted by molar-refractivity contribution is -0.180. The highest BCUT2D eigenvalue weighted by Crippen LogP contribution is 2.36. The molecule has 0 radical (unpaired) electrons. The predicted molar refractivity (Wildman–Crippen MR) is 46.5 cm³/mol. The molecule has 0 saturated carbocycles. The number of ether oxygens (including phenoxy) is 1. The van der Waals surface area contributed by atoms with Crippen molar-refractivity contribution >= 4 is 27.7 Å². The molecule has 4 nitrogen and oxygen atoms in total. The molecule has 0 aliphatic carbocycles. The largest absolute Gasteiger partial charge is 0.464 e. The van der Waals surface area contributed by atoms with Crippen molar-refractivity contribution in [2.24, 2.45) is 0 Å². The van der Waals surface area contributed by atoms with Gasteiger partial charge in [0, 0.05) is 0 Å². The second kappa shape index (κ2) is 4.48. The molecule has 0 spiro atoms. The number of hydrogen-bond donors (Lipinski definition) is 0. The van der Waals surface area contributed by atoms with Gasteiger partial charge in [-0.25, -0.2) is 0 Å². The first-order valence-electron chi connectivity index (χ1n) is 3.76. The molecule has 88 valence electrons. The highest BCUT2D eigenvalue weighted by molar-refractivity contribution is 9.10. The number of ketones is 1. The normalized spacial score (nSPS) is 26.5. The Morgan fingerprint density at radius 3 is 2.40 bits per heavy atom. The summed E-state index contributed by atoms with van der Waals surface area (Å²) in [6, 6.07) is 0. The quantitative estimate of drug-likeness (QED) is 0.407. The third-order valence-corrected chi connectivity index (χ3v) is 2.92. The first-order chi connectivity index (χ1) is 6.28. The van der Waals surface area contributed by atoms with Crippen LogP contribution in [0.25, 0.3) is 0 Å². The average molecular weight is 293 g/mol. The number of halogens is 4. The maximum absolute atomic E-state index is 12.1. The smallest absolute Gasteiger partial charge is 0.452 e. The summed E-state index contributed by atoms with van der Waals surface area (Å²) in [7, 11) is 0. The van der Waals surface area contributed by atoms with Gasteiger partial charge in [-0.2, -0.15) is 13.2 Å². The molecule has 0 aromatic rings. The van der Waals surface area contributed by atoms with E-state index in [4.69, 9.17) is 0 Å². The number of hydrogen-bond acceptors (Lipinski definition) is 3. The van der Waals surface area contributed by atoms with Crippen molar-refractivity contribution in [2.75, 3.05) is 6.61 Å². The average Bonchev–Trinajstić information content (AvgIpc) is 2.07. The zero-order valence-electron chi connectivity index (χ0n) is 7.36. The molecule has 0 amide bonds. The highest BCUT2D eigenvalue weighted by atomic mass is 79.9. The molecule has 0 aromatic heterocycles. The lowest BCUT2D eigenvalue weighted by atomic mass is 9.96. The van der Waals surface area contributed by atoms with Crippen molar-refractivity contribution in [3.63, 3.8) is 0 Å². The zero-order valence-corrected chi connectivity index (χ0v) is 8.94. The second-order valence-corrected chi connectivity index (χ2v) is 4.22. The first-order valence-corrected chi connectivity index (χ1v) is 4.55. The van der Waals surface area contributed by atoms with Crippen LogP contribution in [0.1, 0.15) is 12.8 Å². The lowest BCUT2D eigenvalue weighted by Crippen LogP contribution is -2.51. The van der Waals surface area contributed by atoms with Crippen molar-refractivity contribution in [3.8, 4) is 0 Å². The standard InChI is InChI=1S/C7H6BrF3O3.H2O/c8-6(4(12)7(9,10)11)2-1-3-14-5(6)13;/h1-3H2;1H2. The van der Waals surface area contributed by atoms with E-state index in [2.05, 4.69) is 20.7 Å². The third-order valence-electron chi connectivity index (χ3n) is 1.84. The van der Waals surface area contributed by atoms with Crippen LogP contribution in [0.3, 0.4) is 0 Å². The van der Waals surface area contributed by atoms with Crippen molar-refractivity contribution in [1.82, 2.24) is 0 Å². The number of carbonyl (C=O) groups is 2. The minimum absolute atomic E-state index is 0. The van der Waals surface area contributed by atoms with E-state index < -0.39 is 22.3 Å². The van der Waals surface area contributed by atoms with E-state index in [0.29, 0.717) is 0 Å². The molecule has 1 atom stereocenters. The highest BCUT2D eigenvalue weighted by Gasteiger charge is 2.57. The molecule has 1 aliphatic heterocycles. The summed E-state index contributed by atoms with van der Waals surface area (Å²) >= 11 is 2.52. The van der Waals surface area contributed by atoms with Crippen LogP contribution < -0.4 is 0 Å². The van der Waals surface area contributed by atoms with Crippen molar-refractivity contribution in [1.29, 1.82) is 0 Å². The van der Waals surface area contributed by atoms with Gasteiger partial charge in [0.25, 0.3) is 5.78 Å². The Morgan fingerprint density at radius 1 is 1.47 bits per heavy atom. The fourth-order valence-electron chi connectivity index (χ4n) is 1.13. The molecular weight excluding hydrogens is 285 g/mol. The van der Waals surface area contributed by atoms with Gasteiger partial charge in [0.05, 0.1) is 6.61 Å². The molecule has 0 aromatic carbocycles. The summed E-state index contributed by atoms with van der Waals surface area (Å²) in [6.07, 6.45) is -4.98. The van der Waals surface area contributed by atoms with Gasteiger partial charge in [0.15, 0.2) is 4.32 Å². The number of alkyl halides is 4. The Bertz CT molecular complexity index is 278. The van der Waals surface area contributed by atoms with Gasteiger partial charge in [0.1, 0.15) is 0 Å². The Morgan fingerprint density at radius 2 is 2.00 bits per heavy atom. The van der Waals surface area contributed by atoms with E-state index in [9.17, 15) is 22.8 Å². The van der Waals surface area contributed by atoms with Crippen molar-refractivity contribution < 1.29 is 33.0 Å². The maximum Gasteiger partial charge on any atom is 0.452 e. The predicted octanol–water partition coefficient (Wildman–Crippen LogP) is 0.764. The van der Waals surface area contributed by atoms with Gasteiger partial charge in [-0.15, -0.1) is 0 Å². The summed E-state index contributed by atoms with van der Waals surface area (Å²) in [6.45, 7) is 0.0529. The Balaban J connectivity index is 0.00000196. The van der Waals surface area contributed by atoms with Crippen LogP contribution in [-0.2, 0) is 14.3 Å². The van der Waals surface area contributed by atoms with Crippen LogP contribution in [0.5, 0.6) is 0 Å². The van der Waals surface area contributed by atoms with Crippen molar-refractivity contribution in [3.05, 3.63) is 0 Å². The van der Waals surface area contributed by atoms with Gasteiger partial charge in [0.2, 0.25) is 0 Å². The maximum atomic E-state index is 12.1. The summed E-state index contributed by atoms with van der Waals surface area (Å²) in [5.41, 5.74) is 0. The third kappa shape index (κ3) is 2.69. The molecule has 1 saturated heterocycles. The number of carbonyl (C=O) groups excluding carboxylic acids is 2. The Kier molecular flexibility index (Phi) is 4.29. The van der Waals surface area contributed by atoms with E-state index in [1.165, 1.54) is 0 Å². The minimum Gasteiger partial charge on any atom is -0.464 e. The van der Waals surface area contributed by atoms with Crippen LogP contribution in [0.4, 0.5) is 13.2 Å².